The van der Waals surface area contributed by atoms with E-state index in [0.29, 0.717) is 36.1 Å². The number of alkyl halides is 3. The standard InChI is InChI=1S/C26H29F4N5O3/c1-34(18-9-5-8-17(27)14-18)24(37)21-19(12-15-10-11-32-20(31)13-15)23(36)35(21)25(38)33-22(26(28,29)30)16-6-3-2-4-7-16/h5,8-11,13-14,16,19,21-22H,2-4,6-7,12H2,1H3,(H2,31,32)(H,33,38)/t19?,21-,22-/m0/s1. The second-order valence-corrected chi connectivity index (χ2v) is 9.80. The Morgan fingerprint density at radius 2 is 1.89 bits per heavy atom. The number of amides is 4. The van der Waals surface area contributed by atoms with Gasteiger partial charge in [0, 0.05) is 18.9 Å². The van der Waals surface area contributed by atoms with Gasteiger partial charge < -0.3 is 16.0 Å². The number of pyridine rings is 1. The van der Waals surface area contributed by atoms with Crippen LogP contribution in [0.2, 0.25) is 0 Å². The first-order valence-electron chi connectivity index (χ1n) is 12.4. The van der Waals surface area contributed by atoms with Gasteiger partial charge in [-0.25, -0.2) is 14.2 Å². The van der Waals surface area contributed by atoms with Gasteiger partial charge in [-0.1, -0.05) is 25.3 Å². The lowest BCUT2D eigenvalue weighted by atomic mass is 9.81. The first kappa shape index (κ1) is 27.3. The SMILES string of the molecule is CN(C(=O)[C@@H]1C(Cc2ccnc(N)c2)C(=O)N1C(=O)N[C@@H](C1CCCCC1)C(F)(F)F)c1cccc(F)c1. The minimum atomic E-state index is -4.72. The molecule has 204 valence electrons. The zero-order valence-corrected chi connectivity index (χ0v) is 20.7. The van der Waals surface area contributed by atoms with Crippen LogP contribution in [0.25, 0.3) is 0 Å². The summed E-state index contributed by atoms with van der Waals surface area (Å²) >= 11 is 0. The molecule has 2 aliphatic rings. The molecule has 2 fully saturated rings. The highest BCUT2D eigenvalue weighted by atomic mass is 19.4. The molecule has 1 aliphatic heterocycles. The number of halogens is 4. The second kappa shape index (κ2) is 11.0. The van der Waals surface area contributed by atoms with Gasteiger partial charge in [0.25, 0.3) is 5.91 Å². The number of aromatic nitrogens is 1. The number of hydrogen-bond acceptors (Lipinski definition) is 5. The molecule has 1 aliphatic carbocycles. The molecule has 3 atom stereocenters. The van der Waals surface area contributed by atoms with Crippen molar-refractivity contribution < 1.29 is 31.9 Å². The zero-order chi connectivity index (χ0) is 27.6. The van der Waals surface area contributed by atoms with Crippen molar-refractivity contribution in [3.8, 4) is 0 Å². The summed E-state index contributed by atoms with van der Waals surface area (Å²) in [5, 5.41) is 2.01. The van der Waals surface area contributed by atoms with Crippen LogP contribution in [-0.4, -0.2) is 53.0 Å². The summed E-state index contributed by atoms with van der Waals surface area (Å²) in [6, 6.07) is 3.43. The molecular weight excluding hydrogens is 506 g/mol. The lowest BCUT2D eigenvalue weighted by molar-refractivity contribution is -0.170. The van der Waals surface area contributed by atoms with Crippen molar-refractivity contribution in [3.05, 3.63) is 54.0 Å². The van der Waals surface area contributed by atoms with Gasteiger partial charge in [-0.05, 0) is 61.1 Å². The van der Waals surface area contributed by atoms with Crippen LogP contribution in [0.15, 0.2) is 42.6 Å². The highest BCUT2D eigenvalue weighted by Crippen LogP contribution is 2.37. The van der Waals surface area contributed by atoms with Crippen molar-refractivity contribution in [1.82, 2.24) is 15.2 Å². The number of rotatable bonds is 6. The van der Waals surface area contributed by atoms with E-state index in [2.05, 4.69) is 4.98 Å². The zero-order valence-electron chi connectivity index (χ0n) is 20.7. The van der Waals surface area contributed by atoms with Crippen LogP contribution in [0, 0.1) is 17.7 Å². The quantitative estimate of drug-likeness (QED) is 0.429. The van der Waals surface area contributed by atoms with Gasteiger partial charge in [0.1, 0.15) is 23.7 Å². The number of nitrogens with one attached hydrogen (secondary N) is 1. The van der Waals surface area contributed by atoms with Gasteiger partial charge in [0.2, 0.25) is 5.91 Å². The summed E-state index contributed by atoms with van der Waals surface area (Å²) < 4.78 is 55.6. The van der Waals surface area contributed by atoms with E-state index in [-0.39, 0.29) is 17.9 Å². The van der Waals surface area contributed by atoms with Gasteiger partial charge in [-0.15, -0.1) is 0 Å². The predicted octanol–water partition coefficient (Wildman–Crippen LogP) is 4.06. The van der Waals surface area contributed by atoms with E-state index < -0.39 is 53.8 Å². The Morgan fingerprint density at radius 3 is 2.53 bits per heavy atom. The third kappa shape index (κ3) is 5.73. The lowest BCUT2D eigenvalue weighted by Crippen LogP contribution is -2.71. The molecule has 3 N–H and O–H groups in total. The molecule has 4 amide bonds. The minimum Gasteiger partial charge on any atom is -0.384 e. The van der Waals surface area contributed by atoms with E-state index in [0.717, 1.165) is 17.4 Å². The number of carbonyl (C=O) groups is 3. The highest BCUT2D eigenvalue weighted by molar-refractivity contribution is 6.12. The van der Waals surface area contributed by atoms with E-state index in [9.17, 15) is 31.9 Å². The largest absolute Gasteiger partial charge is 0.408 e. The molecule has 12 heteroatoms. The number of urea groups is 1. The Morgan fingerprint density at radius 1 is 1.18 bits per heavy atom. The lowest BCUT2D eigenvalue weighted by Gasteiger charge is -2.46. The molecule has 1 unspecified atom stereocenters. The van der Waals surface area contributed by atoms with Crippen LogP contribution >= 0.6 is 0 Å². The maximum atomic E-state index is 13.9. The van der Waals surface area contributed by atoms with Crippen molar-refractivity contribution in [2.45, 2.75) is 56.8 Å². The van der Waals surface area contributed by atoms with E-state index in [1.54, 1.807) is 6.07 Å². The van der Waals surface area contributed by atoms with E-state index in [4.69, 9.17) is 5.73 Å². The number of imide groups is 1. The summed E-state index contributed by atoms with van der Waals surface area (Å²) in [4.78, 5) is 45.3. The van der Waals surface area contributed by atoms with E-state index in [1.165, 1.54) is 37.5 Å². The van der Waals surface area contributed by atoms with Crippen LogP contribution in [0.5, 0.6) is 0 Å². The second-order valence-electron chi connectivity index (χ2n) is 9.80. The van der Waals surface area contributed by atoms with Crippen LogP contribution < -0.4 is 16.0 Å². The molecule has 0 spiro atoms. The number of anilines is 2. The van der Waals surface area contributed by atoms with Crippen LogP contribution in [0.4, 0.5) is 33.9 Å². The topological polar surface area (TPSA) is 109 Å². The third-order valence-corrected chi connectivity index (χ3v) is 7.27. The van der Waals surface area contributed by atoms with E-state index in [1.807, 2.05) is 5.32 Å². The normalized spacial score (nSPS) is 21.0. The number of nitrogens with zero attached hydrogens (tertiary/aromatic N) is 3. The maximum absolute atomic E-state index is 13.9. The fraction of sp³-hybridized carbons (Fsp3) is 0.462. The summed E-state index contributed by atoms with van der Waals surface area (Å²) in [5.41, 5.74) is 6.45. The molecule has 1 aromatic heterocycles. The predicted molar refractivity (Wildman–Crippen MR) is 131 cm³/mol. The average Bonchev–Trinajstić information content (AvgIpc) is 2.87. The number of benzene rings is 1. The Labute approximate surface area is 217 Å². The summed E-state index contributed by atoms with van der Waals surface area (Å²) in [6.07, 6.45) is -0.634. The number of β-lactam (4-membered cyclic amide) rings is 1. The first-order chi connectivity index (χ1) is 18.0. The van der Waals surface area contributed by atoms with Gasteiger partial charge in [0.05, 0.1) is 5.92 Å². The number of hydrogen-bond donors (Lipinski definition) is 2. The molecule has 1 aromatic carbocycles. The fourth-order valence-corrected chi connectivity index (χ4v) is 5.28. The molecule has 8 nitrogen and oxygen atoms in total. The van der Waals surface area contributed by atoms with Crippen LogP contribution in [0.1, 0.15) is 37.7 Å². The highest BCUT2D eigenvalue weighted by Gasteiger charge is 2.56. The number of likely N-dealkylation sites (tertiary alicyclic amines) is 1. The smallest absolute Gasteiger partial charge is 0.384 e. The van der Waals surface area contributed by atoms with Crippen molar-refractivity contribution in [2.75, 3.05) is 17.7 Å². The molecule has 0 bridgehead atoms. The van der Waals surface area contributed by atoms with Crippen LogP contribution in [-0.2, 0) is 16.0 Å². The average molecular weight is 536 g/mol. The minimum absolute atomic E-state index is 0.00799. The molecule has 2 heterocycles. The fourth-order valence-electron chi connectivity index (χ4n) is 5.28. The number of likely N-dealkylation sites (N-methyl/N-ethyl adjacent to an activating group) is 1. The monoisotopic (exact) mass is 535 g/mol. The molecule has 4 rings (SSSR count). The summed E-state index contributed by atoms with van der Waals surface area (Å²) in [6.45, 7) is 0. The van der Waals surface area contributed by atoms with Crippen molar-refractivity contribution in [3.63, 3.8) is 0 Å². The van der Waals surface area contributed by atoms with E-state index >= 15 is 0 Å². The van der Waals surface area contributed by atoms with Gasteiger partial charge >= 0.3 is 12.2 Å². The van der Waals surface area contributed by atoms with Crippen molar-refractivity contribution in [1.29, 1.82) is 0 Å². The molecule has 1 saturated heterocycles. The molecule has 38 heavy (non-hydrogen) atoms. The maximum Gasteiger partial charge on any atom is 0.408 e. The van der Waals surface area contributed by atoms with Crippen molar-refractivity contribution >= 4 is 29.4 Å². The van der Waals surface area contributed by atoms with Crippen molar-refractivity contribution in [2.24, 2.45) is 11.8 Å². The number of nitrogens with two attached hydrogens (primary N) is 1. The Kier molecular flexibility index (Phi) is 7.89. The molecule has 0 radical (unpaired) electrons. The summed E-state index contributed by atoms with van der Waals surface area (Å²) in [5.74, 6) is -3.80. The Balaban J connectivity index is 1.61. The van der Waals surface area contributed by atoms with Gasteiger partial charge in [-0.2, -0.15) is 13.2 Å². The Bertz CT molecular complexity index is 1200. The molecular formula is C26H29F4N5O3. The number of carbonyl (C=O) groups excluding carboxylic acids is 3. The van der Waals surface area contributed by atoms with Gasteiger partial charge in [-0.3, -0.25) is 14.5 Å². The molecule has 1 saturated carbocycles. The third-order valence-electron chi connectivity index (χ3n) is 7.27. The molecule has 2 aromatic rings. The summed E-state index contributed by atoms with van der Waals surface area (Å²) in [7, 11) is 1.35. The first-order valence-corrected chi connectivity index (χ1v) is 12.4. The Hall–Kier alpha value is -3.70. The van der Waals surface area contributed by atoms with Gasteiger partial charge in [0.15, 0.2) is 0 Å². The number of nitrogen functional groups attached to an aromatic ring is 1. The van der Waals surface area contributed by atoms with Crippen LogP contribution in [0.3, 0.4) is 0 Å².